The van der Waals surface area contributed by atoms with E-state index in [9.17, 15) is 14.9 Å². The lowest BCUT2D eigenvalue weighted by Crippen LogP contribution is -2.24. The van der Waals surface area contributed by atoms with Crippen LogP contribution in [0.15, 0.2) is 58.0 Å². The maximum Gasteiger partial charge on any atom is 0.312 e. The largest absolute Gasteiger partial charge is 0.495 e. The lowest BCUT2D eigenvalue weighted by Gasteiger charge is -2.05. The number of benzene rings is 2. The van der Waals surface area contributed by atoms with Gasteiger partial charge in [-0.25, -0.2) is 5.43 Å². The Morgan fingerprint density at radius 2 is 1.97 bits per heavy atom. The summed E-state index contributed by atoms with van der Waals surface area (Å²) in [6.45, 7) is -0.479. The highest BCUT2D eigenvalue weighted by Gasteiger charge is 2.16. The number of hydrogen-bond acceptors (Lipinski definition) is 7. The van der Waals surface area contributed by atoms with Gasteiger partial charge in [0.2, 0.25) is 0 Å². The van der Waals surface area contributed by atoms with Gasteiger partial charge in [0, 0.05) is 16.7 Å². The summed E-state index contributed by atoms with van der Waals surface area (Å²) in [5, 5.41) is 15.4. The predicted octanol–water partition coefficient (Wildman–Crippen LogP) is 4.70. The highest BCUT2D eigenvalue weighted by molar-refractivity contribution is 6.32. The van der Waals surface area contributed by atoms with E-state index in [1.807, 2.05) is 0 Å². The van der Waals surface area contributed by atoms with Crippen molar-refractivity contribution in [3.63, 3.8) is 0 Å². The van der Waals surface area contributed by atoms with E-state index in [0.717, 1.165) is 11.6 Å². The topological polar surface area (TPSA) is 116 Å². The fourth-order valence-electron chi connectivity index (χ4n) is 2.50. The van der Waals surface area contributed by atoms with Crippen LogP contribution < -0.4 is 14.9 Å². The van der Waals surface area contributed by atoms with Crippen LogP contribution in [0, 0.1) is 10.1 Å². The number of carbonyl (C=O) groups is 1. The SMILES string of the molecule is COc1ccc(-c2ccc(/C=N\NC(=O)COc3ccc(Cl)cc3[N+](=O)[O-])o2)cc1Cl. The number of nitro groups is 1. The van der Waals surface area contributed by atoms with Crippen LogP contribution in [0.25, 0.3) is 11.3 Å². The molecule has 0 saturated heterocycles. The van der Waals surface area contributed by atoms with Crippen molar-refractivity contribution in [1.82, 2.24) is 5.43 Å². The predicted molar refractivity (Wildman–Crippen MR) is 115 cm³/mol. The second kappa shape index (κ2) is 9.96. The minimum absolute atomic E-state index is 0.0811. The number of nitrogens with zero attached hydrogens (tertiary/aromatic N) is 2. The van der Waals surface area contributed by atoms with Crippen LogP contribution in [-0.2, 0) is 4.79 Å². The van der Waals surface area contributed by atoms with E-state index >= 15 is 0 Å². The Morgan fingerprint density at radius 1 is 1.19 bits per heavy atom. The summed E-state index contributed by atoms with van der Waals surface area (Å²) in [6, 6.07) is 12.5. The van der Waals surface area contributed by atoms with E-state index < -0.39 is 17.4 Å². The molecule has 1 aromatic heterocycles. The number of nitro benzene ring substituents is 1. The first-order valence-corrected chi connectivity index (χ1v) is 9.45. The van der Waals surface area contributed by atoms with E-state index in [4.69, 9.17) is 37.1 Å². The Labute approximate surface area is 186 Å². The number of amides is 1. The molecule has 0 fully saturated rings. The first kappa shape index (κ1) is 22.1. The molecule has 0 atom stereocenters. The van der Waals surface area contributed by atoms with Gasteiger partial charge < -0.3 is 13.9 Å². The number of carbonyl (C=O) groups excluding carboxylic acids is 1. The Morgan fingerprint density at radius 3 is 2.68 bits per heavy atom. The fraction of sp³-hybridized carbons (Fsp3) is 0.100. The summed E-state index contributed by atoms with van der Waals surface area (Å²) in [7, 11) is 1.53. The Balaban J connectivity index is 1.56. The molecule has 0 spiro atoms. The molecular formula is C20H15Cl2N3O6. The van der Waals surface area contributed by atoms with Gasteiger partial charge in [-0.2, -0.15) is 5.10 Å². The zero-order valence-electron chi connectivity index (χ0n) is 16.0. The van der Waals surface area contributed by atoms with Crippen molar-refractivity contribution in [2.75, 3.05) is 13.7 Å². The van der Waals surface area contributed by atoms with E-state index in [0.29, 0.717) is 22.3 Å². The zero-order valence-corrected chi connectivity index (χ0v) is 17.5. The lowest BCUT2D eigenvalue weighted by molar-refractivity contribution is -0.385. The molecule has 1 heterocycles. The summed E-state index contributed by atoms with van der Waals surface area (Å²) in [4.78, 5) is 22.2. The molecule has 1 amide bonds. The van der Waals surface area contributed by atoms with Gasteiger partial charge in [-0.1, -0.05) is 23.2 Å². The molecule has 0 aliphatic carbocycles. The molecule has 31 heavy (non-hydrogen) atoms. The second-order valence-corrected chi connectivity index (χ2v) is 6.85. The zero-order chi connectivity index (χ0) is 22.4. The summed E-state index contributed by atoms with van der Waals surface area (Å²) in [5.74, 6) is 0.788. The third kappa shape index (κ3) is 5.74. The molecule has 3 aromatic rings. The highest BCUT2D eigenvalue weighted by atomic mass is 35.5. The molecule has 9 nitrogen and oxygen atoms in total. The molecule has 0 saturated carbocycles. The number of methoxy groups -OCH3 is 1. The summed E-state index contributed by atoms with van der Waals surface area (Å²) in [5.41, 5.74) is 2.65. The van der Waals surface area contributed by atoms with Crippen molar-refractivity contribution in [3.8, 4) is 22.8 Å². The lowest BCUT2D eigenvalue weighted by atomic mass is 10.2. The number of hydrazone groups is 1. The van der Waals surface area contributed by atoms with Gasteiger partial charge in [0.05, 0.1) is 23.3 Å². The second-order valence-electron chi connectivity index (χ2n) is 6.00. The highest BCUT2D eigenvalue weighted by Crippen LogP contribution is 2.31. The van der Waals surface area contributed by atoms with Gasteiger partial charge in [-0.3, -0.25) is 14.9 Å². The average Bonchev–Trinajstić information content (AvgIpc) is 3.21. The molecule has 0 aliphatic rings. The van der Waals surface area contributed by atoms with Crippen molar-refractivity contribution in [2.45, 2.75) is 0 Å². The van der Waals surface area contributed by atoms with Crippen LogP contribution in [0.1, 0.15) is 5.76 Å². The Bertz CT molecular complexity index is 1150. The Kier molecular flexibility index (Phi) is 7.11. The number of furan rings is 1. The van der Waals surface area contributed by atoms with Gasteiger partial charge in [-0.15, -0.1) is 0 Å². The molecule has 0 bridgehead atoms. The fourth-order valence-corrected chi connectivity index (χ4v) is 2.92. The molecule has 2 aromatic carbocycles. The van der Waals surface area contributed by atoms with E-state index in [1.165, 1.54) is 25.5 Å². The number of halogens is 2. The number of ether oxygens (including phenoxy) is 2. The van der Waals surface area contributed by atoms with Crippen molar-refractivity contribution in [3.05, 3.63) is 74.5 Å². The van der Waals surface area contributed by atoms with E-state index in [2.05, 4.69) is 10.5 Å². The van der Waals surface area contributed by atoms with Gasteiger partial charge in [0.25, 0.3) is 5.91 Å². The van der Waals surface area contributed by atoms with E-state index in [1.54, 1.807) is 30.3 Å². The molecule has 11 heteroatoms. The van der Waals surface area contributed by atoms with Crippen LogP contribution in [0.4, 0.5) is 5.69 Å². The van der Waals surface area contributed by atoms with Gasteiger partial charge >= 0.3 is 5.69 Å². The maximum absolute atomic E-state index is 11.9. The minimum atomic E-state index is -0.651. The van der Waals surface area contributed by atoms with Crippen LogP contribution in [0.3, 0.4) is 0 Å². The van der Waals surface area contributed by atoms with Crippen LogP contribution in [-0.4, -0.2) is 30.8 Å². The normalized spacial score (nSPS) is 10.8. The number of hydrogen-bond donors (Lipinski definition) is 1. The maximum atomic E-state index is 11.9. The summed E-state index contributed by atoms with van der Waals surface area (Å²) in [6.07, 6.45) is 1.30. The van der Waals surface area contributed by atoms with Gasteiger partial charge in [0.1, 0.15) is 17.3 Å². The minimum Gasteiger partial charge on any atom is -0.495 e. The number of nitrogens with one attached hydrogen (secondary N) is 1. The van der Waals surface area contributed by atoms with Gasteiger partial charge in [-0.05, 0) is 42.5 Å². The molecule has 3 rings (SSSR count). The third-order valence-electron chi connectivity index (χ3n) is 3.92. The molecule has 0 unspecified atom stereocenters. The van der Waals surface area contributed by atoms with Crippen LogP contribution in [0.5, 0.6) is 11.5 Å². The van der Waals surface area contributed by atoms with E-state index in [-0.39, 0.29) is 16.5 Å². The van der Waals surface area contributed by atoms with Crippen LogP contribution in [0.2, 0.25) is 10.0 Å². The summed E-state index contributed by atoms with van der Waals surface area (Å²) >= 11 is 11.9. The summed E-state index contributed by atoms with van der Waals surface area (Å²) < 4.78 is 15.9. The van der Waals surface area contributed by atoms with Crippen molar-refractivity contribution in [1.29, 1.82) is 0 Å². The third-order valence-corrected chi connectivity index (χ3v) is 4.45. The monoisotopic (exact) mass is 463 g/mol. The molecule has 0 radical (unpaired) electrons. The van der Waals surface area contributed by atoms with Gasteiger partial charge in [0.15, 0.2) is 12.4 Å². The standard InChI is InChI=1S/C20H15Cl2N3O6/c1-29-18-5-2-12(8-15(18)22)17-7-4-14(31-17)10-23-24-20(26)11-30-19-6-3-13(21)9-16(19)25(27)28/h2-10H,11H2,1H3,(H,24,26)/b23-10-. The first-order valence-electron chi connectivity index (χ1n) is 8.70. The molecule has 1 N–H and O–H groups in total. The van der Waals surface area contributed by atoms with Crippen molar-refractivity contribution >= 4 is 41.0 Å². The quantitative estimate of drug-likeness (QED) is 0.294. The van der Waals surface area contributed by atoms with Crippen molar-refractivity contribution < 1.29 is 23.6 Å². The smallest absolute Gasteiger partial charge is 0.312 e. The molecule has 0 aliphatic heterocycles. The average molecular weight is 464 g/mol. The molecule has 160 valence electrons. The van der Waals surface area contributed by atoms with Crippen LogP contribution >= 0.6 is 23.2 Å². The first-order chi connectivity index (χ1) is 14.9. The number of rotatable bonds is 8. The molecular weight excluding hydrogens is 449 g/mol. The Hall–Kier alpha value is -3.56. The van der Waals surface area contributed by atoms with Crippen molar-refractivity contribution in [2.24, 2.45) is 5.10 Å².